The highest BCUT2D eigenvalue weighted by Gasteiger charge is 2.23. The Morgan fingerprint density at radius 3 is 2.62 bits per heavy atom. The summed E-state index contributed by atoms with van der Waals surface area (Å²) in [7, 11) is 0. The number of nitrogens with two attached hydrogens (primary N) is 3. The number of hydrogen-bond acceptors (Lipinski definition) is 8. The minimum Gasteiger partial charge on any atom is -0.445 e. The molecule has 1 aliphatic heterocycles. The van der Waals surface area contributed by atoms with Gasteiger partial charge in [-0.05, 0) is 41.5 Å². The van der Waals surface area contributed by atoms with E-state index in [0.717, 1.165) is 36.1 Å². The molecule has 2 heterocycles. The van der Waals surface area contributed by atoms with Gasteiger partial charge in [-0.1, -0.05) is 30.3 Å². The number of amides is 1. The Bertz CT molecular complexity index is 954. The van der Waals surface area contributed by atoms with E-state index in [1.54, 1.807) is 11.0 Å². The van der Waals surface area contributed by atoms with Crippen molar-refractivity contribution in [3.63, 3.8) is 0 Å². The summed E-state index contributed by atoms with van der Waals surface area (Å²) in [6.45, 7) is 2.40. The fraction of sp³-hybridized carbons (Fsp3) is 0.348. The molecule has 32 heavy (non-hydrogen) atoms. The third kappa shape index (κ3) is 6.37. The Kier molecular flexibility index (Phi) is 7.91. The van der Waals surface area contributed by atoms with Crippen LogP contribution in [0.2, 0.25) is 0 Å². The van der Waals surface area contributed by atoms with Gasteiger partial charge in [0, 0.05) is 38.5 Å². The molecule has 1 aromatic heterocycles. The third-order valence-electron chi connectivity index (χ3n) is 5.55. The van der Waals surface area contributed by atoms with E-state index in [0.29, 0.717) is 36.9 Å². The molecule has 9 nitrogen and oxygen atoms in total. The molecule has 1 saturated heterocycles. The summed E-state index contributed by atoms with van der Waals surface area (Å²) in [5.41, 5.74) is 20.4. The summed E-state index contributed by atoms with van der Waals surface area (Å²) < 4.78 is 5.42. The fourth-order valence-electron chi connectivity index (χ4n) is 3.65. The SMILES string of the molecule is N=C/C(=C\NCC1CCN(C(=O)OCc2ccccc2)CC1)Cc1cc(N)nc(N)c1N. The average molecular weight is 438 g/mol. The van der Waals surface area contributed by atoms with Crippen molar-refractivity contribution in [3.05, 3.63) is 59.3 Å². The number of ether oxygens (including phenoxy) is 1. The van der Waals surface area contributed by atoms with Crippen molar-refractivity contribution in [2.24, 2.45) is 5.92 Å². The van der Waals surface area contributed by atoms with Gasteiger partial charge in [-0.15, -0.1) is 0 Å². The summed E-state index contributed by atoms with van der Waals surface area (Å²) in [6.07, 6.45) is 5.06. The first-order valence-electron chi connectivity index (χ1n) is 10.6. The van der Waals surface area contributed by atoms with Gasteiger partial charge in [0.25, 0.3) is 0 Å². The molecule has 8 N–H and O–H groups in total. The highest BCUT2D eigenvalue weighted by atomic mass is 16.6. The van der Waals surface area contributed by atoms with Gasteiger partial charge < -0.3 is 37.6 Å². The molecule has 0 unspecified atom stereocenters. The van der Waals surface area contributed by atoms with Crippen LogP contribution in [0.4, 0.5) is 22.1 Å². The number of carbonyl (C=O) groups is 1. The standard InChI is InChI=1S/C23H31N7O2/c24-12-18(10-19-11-20(25)29-22(27)21(19)26)14-28-13-16-6-8-30(9-7-16)23(31)32-15-17-4-2-1-3-5-17/h1-5,11-12,14,16,24,28H,6-10,13,15,26H2,(H4,25,27,29)/b18-14-,24-12?. The van der Waals surface area contributed by atoms with Crippen LogP contribution in [0.15, 0.2) is 48.2 Å². The lowest BCUT2D eigenvalue weighted by Gasteiger charge is -2.31. The molecular formula is C23H31N7O2. The zero-order valence-corrected chi connectivity index (χ0v) is 18.1. The van der Waals surface area contributed by atoms with Gasteiger partial charge in [0.15, 0.2) is 0 Å². The van der Waals surface area contributed by atoms with Gasteiger partial charge in [-0.25, -0.2) is 9.78 Å². The quantitative estimate of drug-likeness (QED) is 0.397. The molecule has 1 aromatic carbocycles. The number of nitrogens with zero attached hydrogens (tertiary/aromatic N) is 2. The molecule has 9 heteroatoms. The molecule has 0 bridgehead atoms. The van der Waals surface area contributed by atoms with Crippen molar-refractivity contribution in [2.75, 3.05) is 36.8 Å². The maximum Gasteiger partial charge on any atom is 0.410 e. The maximum absolute atomic E-state index is 12.3. The molecule has 0 radical (unpaired) electrons. The molecule has 0 spiro atoms. The molecule has 170 valence electrons. The lowest BCUT2D eigenvalue weighted by atomic mass is 9.97. The first kappa shape index (κ1) is 22.9. The topological polar surface area (TPSA) is 156 Å². The number of carbonyl (C=O) groups excluding carboxylic acids is 1. The zero-order valence-electron chi connectivity index (χ0n) is 18.1. The second kappa shape index (κ2) is 11.0. The van der Waals surface area contributed by atoms with E-state index in [2.05, 4.69) is 10.3 Å². The Labute approximate surface area is 188 Å². The van der Waals surface area contributed by atoms with E-state index in [1.165, 1.54) is 6.21 Å². The molecule has 1 amide bonds. The molecule has 0 atom stereocenters. The predicted molar refractivity (Wildman–Crippen MR) is 127 cm³/mol. The highest BCUT2D eigenvalue weighted by Crippen LogP contribution is 2.23. The fourth-order valence-corrected chi connectivity index (χ4v) is 3.65. The number of allylic oxidation sites excluding steroid dienone is 1. The van der Waals surface area contributed by atoms with E-state index in [4.69, 9.17) is 27.3 Å². The van der Waals surface area contributed by atoms with Crippen LogP contribution in [0, 0.1) is 11.3 Å². The van der Waals surface area contributed by atoms with Crippen LogP contribution < -0.4 is 22.5 Å². The number of nitrogens with one attached hydrogen (secondary N) is 2. The maximum atomic E-state index is 12.3. The predicted octanol–water partition coefficient (Wildman–Crippen LogP) is 2.54. The van der Waals surface area contributed by atoms with Crippen LogP contribution in [0.5, 0.6) is 0 Å². The van der Waals surface area contributed by atoms with Crippen molar-refractivity contribution in [1.82, 2.24) is 15.2 Å². The number of hydrogen-bond donors (Lipinski definition) is 5. The summed E-state index contributed by atoms with van der Waals surface area (Å²) >= 11 is 0. The first-order valence-corrected chi connectivity index (χ1v) is 10.6. The van der Waals surface area contributed by atoms with Gasteiger partial charge in [0.2, 0.25) is 0 Å². The van der Waals surface area contributed by atoms with Gasteiger partial charge in [0.05, 0.1) is 5.69 Å². The Hall–Kier alpha value is -3.75. The molecule has 1 aliphatic rings. The largest absolute Gasteiger partial charge is 0.445 e. The summed E-state index contributed by atoms with van der Waals surface area (Å²) in [6, 6.07) is 11.3. The lowest BCUT2D eigenvalue weighted by molar-refractivity contribution is 0.0825. The van der Waals surface area contributed by atoms with E-state index in [-0.39, 0.29) is 18.5 Å². The van der Waals surface area contributed by atoms with Crippen LogP contribution in [-0.2, 0) is 17.8 Å². The van der Waals surface area contributed by atoms with Crippen LogP contribution in [-0.4, -0.2) is 41.8 Å². The highest BCUT2D eigenvalue weighted by molar-refractivity contribution is 5.78. The molecule has 1 fully saturated rings. The van der Waals surface area contributed by atoms with Gasteiger partial charge in [-0.2, -0.15) is 0 Å². The molecule has 0 saturated carbocycles. The third-order valence-corrected chi connectivity index (χ3v) is 5.55. The minimum absolute atomic E-state index is 0.200. The molecular weight excluding hydrogens is 406 g/mol. The van der Waals surface area contributed by atoms with Crippen molar-refractivity contribution in [2.45, 2.75) is 25.9 Å². The van der Waals surface area contributed by atoms with Crippen LogP contribution in [0.25, 0.3) is 0 Å². The number of nitrogen functional groups attached to an aromatic ring is 3. The smallest absolute Gasteiger partial charge is 0.410 e. The monoisotopic (exact) mass is 437 g/mol. The van der Waals surface area contributed by atoms with Crippen molar-refractivity contribution < 1.29 is 9.53 Å². The first-order chi connectivity index (χ1) is 15.5. The minimum atomic E-state index is -0.264. The molecule has 2 aromatic rings. The zero-order chi connectivity index (χ0) is 22.9. The number of rotatable bonds is 8. The van der Waals surface area contributed by atoms with Crippen molar-refractivity contribution in [1.29, 1.82) is 5.41 Å². The van der Waals surface area contributed by atoms with Gasteiger partial charge in [-0.3, -0.25) is 0 Å². The number of benzene rings is 1. The molecule has 3 rings (SSSR count). The normalized spacial score (nSPS) is 14.8. The number of piperidine rings is 1. The van der Waals surface area contributed by atoms with Crippen LogP contribution in [0.3, 0.4) is 0 Å². The lowest BCUT2D eigenvalue weighted by Crippen LogP contribution is -2.40. The van der Waals surface area contributed by atoms with Crippen molar-refractivity contribution >= 4 is 29.6 Å². The number of pyridine rings is 1. The average Bonchev–Trinajstić information content (AvgIpc) is 2.81. The van der Waals surface area contributed by atoms with Gasteiger partial charge in [0.1, 0.15) is 18.2 Å². The van der Waals surface area contributed by atoms with Crippen LogP contribution >= 0.6 is 0 Å². The number of anilines is 3. The number of likely N-dealkylation sites (tertiary alicyclic amines) is 1. The molecule has 0 aliphatic carbocycles. The van der Waals surface area contributed by atoms with Crippen LogP contribution in [0.1, 0.15) is 24.0 Å². The number of aromatic nitrogens is 1. The summed E-state index contributed by atoms with van der Waals surface area (Å²) in [4.78, 5) is 18.0. The summed E-state index contributed by atoms with van der Waals surface area (Å²) in [5.74, 6) is 0.943. The second-order valence-electron chi connectivity index (χ2n) is 7.92. The van der Waals surface area contributed by atoms with E-state index >= 15 is 0 Å². The Morgan fingerprint density at radius 2 is 1.94 bits per heavy atom. The van der Waals surface area contributed by atoms with Crippen molar-refractivity contribution in [3.8, 4) is 0 Å². The van der Waals surface area contributed by atoms with Gasteiger partial charge >= 0.3 is 6.09 Å². The van der Waals surface area contributed by atoms with E-state index in [9.17, 15) is 4.79 Å². The second-order valence-corrected chi connectivity index (χ2v) is 7.92. The van der Waals surface area contributed by atoms with E-state index < -0.39 is 0 Å². The summed E-state index contributed by atoms with van der Waals surface area (Å²) in [5, 5.41) is 11.0. The Morgan fingerprint density at radius 1 is 1.22 bits per heavy atom. The van der Waals surface area contributed by atoms with E-state index in [1.807, 2.05) is 36.5 Å². The Balaban J connectivity index is 1.42.